The molecule has 4 saturated carbocycles. The van der Waals surface area contributed by atoms with Crippen LogP contribution < -0.4 is 0 Å². The maximum Gasteiger partial charge on any atom is 0.330 e. The van der Waals surface area contributed by atoms with E-state index >= 15 is 0 Å². The van der Waals surface area contributed by atoms with Crippen molar-refractivity contribution in [3.8, 4) is 0 Å². The van der Waals surface area contributed by atoms with Crippen LogP contribution in [0.15, 0.2) is 12.7 Å². The van der Waals surface area contributed by atoms with E-state index in [9.17, 15) is 4.79 Å². The number of ether oxygens (including phenoxy) is 1. The van der Waals surface area contributed by atoms with Gasteiger partial charge in [0, 0.05) is 6.08 Å². The molecule has 0 heterocycles. The quantitative estimate of drug-likeness (QED) is 0.364. The summed E-state index contributed by atoms with van der Waals surface area (Å²) in [6, 6.07) is 0. The van der Waals surface area contributed by atoms with Crippen molar-refractivity contribution in [1.82, 2.24) is 0 Å². The molecule has 4 fully saturated rings. The summed E-state index contributed by atoms with van der Waals surface area (Å²) in [4.78, 5) is 12.0. The molecule has 0 aliphatic heterocycles. The fourth-order valence-corrected chi connectivity index (χ4v) is 6.13. The van der Waals surface area contributed by atoms with Crippen LogP contribution >= 0.6 is 0 Å². The Balaban J connectivity index is 1.79. The summed E-state index contributed by atoms with van der Waals surface area (Å²) in [5, 5.41) is 0. The molecule has 2 nitrogen and oxygen atoms in total. The van der Waals surface area contributed by atoms with Gasteiger partial charge in [-0.3, -0.25) is 0 Å². The van der Waals surface area contributed by atoms with Crippen LogP contribution in [0.5, 0.6) is 0 Å². The van der Waals surface area contributed by atoms with Gasteiger partial charge in [-0.1, -0.05) is 39.7 Å². The third-order valence-electron chi connectivity index (χ3n) is 6.76. The third kappa shape index (κ3) is 2.74. The van der Waals surface area contributed by atoms with E-state index < -0.39 is 0 Å². The van der Waals surface area contributed by atoms with Gasteiger partial charge in [-0.05, 0) is 68.1 Å². The topological polar surface area (TPSA) is 26.3 Å². The van der Waals surface area contributed by atoms with E-state index in [1.165, 1.54) is 63.9 Å². The molecule has 0 aromatic heterocycles. The molecule has 0 radical (unpaired) electrons. The van der Waals surface area contributed by atoms with E-state index in [4.69, 9.17) is 4.74 Å². The van der Waals surface area contributed by atoms with Gasteiger partial charge in [0.2, 0.25) is 0 Å². The normalized spacial score (nSPS) is 42.4. The highest BCUT2D eigenvalue weighted by atomic mass is 16.6. The summed E-state index contributed by atoms with van der Waals surface area (Å²) in [6.45, 7) is 8.34. The van der Waals surface area contributed by atoms with Crippen LogP contribution in [0.25, 0.3) is 0 Å². The lowest BCUT2D eigenvalue weighted by molar-refractivity contribution is -0.222. The van der Waals surface area contributed by atoms with Gasteiger partial charge < -0.3 is 4.74 Å². The van der Waals surface area contributed by atoms with Crippen molar-refractivity contribution in [2.24, 2.45) is 23.2 Å². The SMILES string of the molecule is C=CC(=O)OC1(CCCCCC)C2CC3CC1CC(C)(C3)C2. The zero-order chi connectivity index (χ0) is 15.8. The number of hydrogen-bond acceptors (Lipinski definition) is 2. The van der Waals surface area contributed by atoms with Crippen LogP contribution in [0, 0.1) is 23.2 Å². The predicted molar refractivity (Wildman–Crippen MR) is 89.4 cm³/mol. The van der Waals surface area contributed by atoms with Crippen molar-refractivity contribution in [3.63, 3.8) is 0 Å². The first-order valence-corrected chi connectivity index (χ1v) is 9.37. The fraction of sp³-hybridized carbons (Fsp3) is 0.850. The van der Waals surface area contributed by atoms with Gasteiger partial charge in [0.05, 0.1) is 0 Å². The molecule has 0 saturated heterocycles. The number of unbranched alkanes of at least 4 members (excludes halogenated alkanes) is 3. The van der Waals surface area contributed by atoms with Gasteiger partial charge in [0.1, 0.15) is 5.60 Å². The van der Waals surface area contributed by atoms with Crippen molar-refractivity contribution in [2.45, 2.75) is 83.7 Å². The van der Waals surface area contributed by atoms with Crippen LogP contribution in [0.1, 0.15) is 78.1 Å². The first-order chi connectivity index (χ1) is 10.5. The van der Waals surface area contributed by atoms with Crippen LogP contribution in [0.4, 0.5) is 0 Å². The highest BCUT2D eigenvalue weighted by molar-refractivity contribution is 5.81. The minimum Gasteiger partial charge on any atom is -0.455 e. The van der Waals surface area contributed by atoms with Crippen LogP contribution in [0.3, 0.4) is 0 Å². The van der Waals surface area contributed by atoms with Crippen LogP contribution in [-0.2, 0) is 9.53 Å². The summed E-state index contributed by atoms with van der Waals surface area (Å²) in [5.74, 6) is 1.87. The molecule has 4 bridgehead atoms. The summed E-state index contributed by atoms with van der Waals surface area (Å²) in [6.07, 6.45) is 13.9. The standard InChI is InChI=1S/C20H32O2/c1-4-6-7-8-9-20(22-18(21)5-2)16-10-15-11-17(20)14-19(3,12-15)13-16/h5,15-17H,2,4,6-14H2,1,3H3. The van der Waals surface area contributed by atoms with Crippen LogP contribution in [-0.4, -0.2) is 11.6 Å². The first kappa shape index (κ1) is 16.1. The van der Waals surface area contributed by atoms with E-state index in [-0.39, 0.29) is 11.6 Å². The molecule has 0 aromatic rings. The number of esters is 1. The molecule has 2 atom stereocenters. The smallest absolute Gasteiger partial charge is 0.330 e. The van der Waals surface area contributed by atoms with E-state index in [0.717, 1.165) is 12.3 Å². The number of carbonyl (C=O) groups excluding carboxylic acids is 1. The summed E-state index contributed by atoms with van der Waals surface area (Å²) < 4.78 is 6.13. The maximum absolute atomic E-state index is 12.0. The van der Waals surface area contributed by atoms with Gasteiger partial charge in [0.15, 0.2) is 0 Å². The third-order valence-corrected chi connectivity index (χ3v) is 6.76. The lowest BCUT2D eigenvalue weighted by Crippen LogP contribution is -2.62. The van der Waals surface area contributed by atoms with Crippen molar-refractivity contribution in [3.05, 3.63) is 12.7 Å². The predicted octanol–water partition coefficient (Wildman–Crippen LogP) is 5.27. The molecule has 0 N–H and O–H groups in total. The molecular formula is C20H32O2. The number of hydrogen-bond donors (Lipinski definition) is 0. The zero-order valence-corrected chi connectivity index (χ0v) is 14.4. The van der Waals surface area contributed by atoms with E-state index in [1.54, 1.807) is 0 Å². The van der Waals surface area contributed by atoms with Crippen molar-refractivity contribution >= 4 is 5.97 Å². The molecule has 22 heavy (non-hydrogen) atoms. The fourth-order valence-electron chi connectivity index (χ4n) is 6.13. The lowest BCUT2D eigenvalue weighted by atomic mass is 9.44. The second kappa shape index (κ2) is 6.02. The molecule has 4 aliphatic rings. The second-order valence-electron chi connectivity index (χ2n) is 8.55. The van der Waals surface area contributed by atoms with Crippen molar-refractivity contribution in [2.75, 3.05) is 0 Å². The number of rotatable bonds is 7. The second-order valence-corrected chi connectivity index (χ2v) is 8.55. The van der Waals surface area contributed by atoms with Crippen molar-refractivity contribution < 1.29 is 9.53 Å². The highest BCUT2D eigenvalue weighted by Crippen LogP contribution is 2.65. The molecule has 0 spiro atoms. The lowest BCUT2D eigenvalue weighted by Gasteiger charge is -2.64. The van der Waals surface area contributed by atoms with E-state index in [1.807, 2.05) is 0 Å². The largest absolute Gasteiger partial charge is 0.455 e. The minimum atomic E-state index is -0.201. The Morgan fingerprint density at radius 1 is 1.18 bits per heavy atom. The Labute approximate surface area is 135 Å². The highest BCUT2D eigenvalue weighted by Gasteiger charge is 2.62. The van der Waals surface area contributed by atoms with Gasteiger partial charge in [-0.15, -0.1) is 0 Å². The Kier molecular flexibility index (Phi) is 4.40. The van der Waals surface area contributed by atoms with Crippen molar-refractivity contribution in [1.29, 1.82) is 0 Å². The van der Waals surface area contributed by atoms with E-state index in [0.29, 0.717) is 17.3 Å². The maximum atomic E-state index is 12.0. The molecule has 4 aliphatic carbocycles. The van der Waals surface area contributed by atoms with Gasteiger partial charge in [0.25, 0.3) is 0 Å². The summed E-state index contributed by atoms with van der Waals surface area (Å²) >= 11 is 0. The average molecular weight is 304 g/mol. The van der Waals surface area contributed by atoms with E-state index in [2.05, 4.69) is 20.4 Å². The van der Waals surface area contributed by atoms with Gasteiger partial charge >= 0.3 is 5.97 Å². The molecule has 0 aromatic carbocycles. The molecule has 0 amide bonds. The monoisotopic (exact) mass is 304 g/mol. The Morgan fingerprint density at radius 2 is 1.86 bits per heavy atom. The van der Waals surface area contributed by atoms with Crippen LogP contribution in [0.2, 0.25) is 0 Å². The zero-order valence-electron chi connectivity index (χ0n) is 14.4. The molecular weight excluding hydrogens is 272 g/mol. The first-order valence-electron chi connectivity index (χ1n) is 9.37. The Hall–Kier alpha value is -0.790. The average Bonchev–Trinajstić information content (AvgIpc) is 2.46. The molecule has 2 heteroatoms. The Morgan fingerprint density at radius 3 is 2.41 bits per heavy atom. The summed E-state index contributed by atoms with van der Waals surface area (Å²) in [7, 11) is 0. The molecule has 2 unspecified atom stereocenters. The molecule has 4 rings (SSSR count). The Bertz CT molecular complexity index is 423. The summed E-state index contributed by atoms with van der Waals surface area (Å²) in [5.41, 5.74) is 0.347. The number of carbonyl (C=O) groups is 1. The molecule has 124 valence electrons. The van der Waals surface area contributed by atoms with Gasteiger partial charge in [-0.2, -0.15) is 0 Å². The minimum absolute atomic E-state index is 0.171. The van der Waals surface area contributed by atoms with Gasteiger partial charge in [-0.25, -0.2) is 4.79 Å².